The first kappa shape index (κ1) is 16.3. The van der Waals surface area contributed by atoms with E-state index in [9.17, 15) is 9.59 Å². The van der Waals surface area contributed by atoms with Gasteiger partial charge in [0.1, 0.15) is 12.1 Å². The average Bonchev–Trinajstić information content (AvgIpc) is 2.96. The minimum atomic E-state index is -0.351. The quantitative estimate of drug-likeness (QED) is 0.861. The molecule has 1 aromatic carbocycles. The number of rotatable bonds is 5. The molecule has 23 heavy (non-hydrogen) atoms. The molecule has 0 aromatic heterocycles. The normalized spacial score (nSPS) is 27.0. The van der Waals surface area contributed by atoms with Crippen LogP contribution in [0.5, 0.6) is 0 Å². The highest BCUT2D eigenvalue weighted by Crippen LogP contribution is 2.24. The van der Waals surface area contributed by atoms with Crippen molar-refractivity contribution < 1.29 is 9.59 Å². The van der Waals surface area contributed by atoms with E-state index in [2.05, 4.69) is 10.6 Å². The van der Waals surface area contributed by atoms with Crippen molar-refractivity contribution in [2.45, 2.75) is 50.9 Å². The number of carbonyl (C=O) groups is 2. The minimum Gasteiger partial charge on any atom is -0.343 e. The van der Waals surface area contributed by atoms with Crippen LogP contribution in [0.25, 0.3) is 0 Å². The van der Waals surface area contributed by atoms with Crippen LogP contribution in [0.15, 0.2) is 24.3 Å². The van der Waals surface area contributed by atoms with Gasteiger partial charge in [-0.05, 0) is 30.5 Å². The molecule has 2 aliphatic rings. The van der Waals surface area contributed by atoms with Gasteiger partial charge in [0, 0.05) is 24.2 Å². The second-order valence-electron chi connectivity index (χ2n) is 6.30. The van der Waals surface area contributed by atoms with Crippen LogP contribution in [-0.2, 0) is 16.1 Å². The molecule has 0 bridgehead atoms. The number of carbonyl (C=O) groups excluding carboxylic acids is 2. The number of piperazine rings is 1. The Hall–Kier alpha value is -1.59. The molecule has 0 radical (unpaired) electrons. The fourth-order valence-corrected chi connectivity index (χ4v) is 3.61. The summed E-state index contributed by atoms with van der Waals surface area (Å²) >= 11 is 5.99. The molecule has 2 amide bonds. The summed E-state index contributed by atoms with van der Waals surface area (Å²) in [6.45, 7) is 3.29. The number of fused-ring (bicyclic) bond motifs is 1. The maximum absolute atomic E-state index is 12.5. The summed E-state index contributed by atoms with van der Waals surface area (Å²) in [5.41, 5.74) is 1.10. The van der Waals surface area contributed by atoms with Crippen molar-refractivity contribution in [1.82, 2.24) is 15.5 Å². The fourth-order valence-electron chi connectivity index (χ4n) is 3.40. The Morgan fingerprint density at radius 1 is 1.39 bits per heavy atom. The van der Waals surface area contributed by atoms with Gasteiger partial charge in [0.2, 0.25) is 11.8 Å². The zero-order valence-corrected chi connectivity index (χ0v) is 14.0. The van der Waals surface area contributed by atoms with Crippen LogP contribution in [0, 0.1) is 0 Å². The molecule has 2 saturated heterocycles. The van der Waals surface area contributed by atoms with Gasteiger partial charge in [0.15, 0.2) is 0 Å². The molecule has 2 heterocycles. The first-order chi connectivity index (χ1) is 11.1. The zero-order chi connectivity index (χ0) is 16.4. The van der Waals surface area contributed by atoms with Gasteiger partial charge in [0.05, 0.1) is 0 Å². The SMILES string of the molecule is CCC[C@@H]1NC(=O)[C@@H]2C[C@H](NCc3cccc(Cl)c3)CN2C1=O. The number of halogens is 1. The lowest BCUT2D eigenvalue weighted by atomic mass is 10.0. The van der Waals surface area contributed by atoms with Crippen molar-refractivity contribution >= 4 is 23.4 Å². The lowest BCUT2D eigenvalue weighted by molar-refractivity contribution is -0.147. The Kier molecular flexibility index (Phi) is 4.87. The van der Waals surface area contributed by atoms with Crippen LogP contribution in [0.1, 0.15) is 31.7 Å². The molecule has 0 unspecified atom stereocenters. The molecule has 2 N–H and O–H groups in total. The second-order valence-corrected chi connectivity index (χ2v) is 6.74. The highest BCUT2D eigenvalue weighted by atomic mass is 35.5. The van der Waals surface area contributed by atoms with Crippen molar-refractivity contribution in [2.24, 2.45) is 0 Å². The summed E-state index contributed by atoms with van der Waals surface area (Å²) in [7, 11) is 0. The Morgan fingerprint density at radius 2 is 2.22 bits per heavy atom. The van der Waals surface area contributed by atoms with Crippen molar-refractivity contribution in [3.63, 3.8) is 0 Å². The number of nitrogens with one attached hydrogen (secondary N) is 2. The monoisotopic (exact) mass is 335 g/mol. The van der Waals surface area contributed by atoms with Gasteiger partial charge in [0.25, 0.3) is 0 Å². The molecule has 6 heteroatoms. The lowest BCUT2D eigenvalue weighted by Crippen LogP contribution is -2.61. The molecule has 0 aliphatic carbocycles. The van der Waals surface area contributed by atoms with Gasteiger partial charge < -0.3 is 15.5 Å². The summed E-state index contributed by atoms with van der Waals surface area (Å²) in [6, 6.07) is 7.15. The molecule has 5 nitrogen and oxygen atoms in total. The third-order valence-electron chi connectivity index (χ3n) is 4.56. The standard InChI is InChI=1S/C17H22ClN3O2/c1-2-4-14-17(23)21-10-13(8-15(21)16(22)20-14)19-9-11-5-3-6-12(18)7-11/h3,5-7,13-15,19H,2,4,8-10H2,1H3,(H,20,22)/t13-,14-,15-/m0/s1. The molecule has 0 spiro atoms. The summed E-state index contributed by atoms with van der Waals surface area (Å²) in [5.74, 6) is 0.0404. The average molecular weight is 336 g/mol. The van der Waals surface area contributed by atoms with E-state index in [0.717, 1.165) is 12.0 Å². The first-order valence-electron chi connectivity index (χ1n) is 8.17. The molecular weight excluding hydrogens is 314 g/mol. The molecule has 3 rings (SSSR count). The number of benzene rings is 1. The zero-order valence-electron chi connectivity index (χ0n) is 13.2. The van der Waals surface area contributed by atoms with Crippen molar-refractivity contribution in [2.75, 3.05) is 6.54 Å². The van der Waals surface area contributed by atoms with Crippen molar-refractivity contribution in [1.29, 1.82) is 0 Å². The van der Waals surface area contributed by atoms with Gasteiger partial charge in [-0.1, -0.05) is 37.1 Å². The molecule has 2 fully saturated rings. The summed E-state index contributed by atoms with van der Waals surface area (Å²) in [6.07, 6.45) is 2.25. The van der Waals surface area contributed by atoms with E-state index in [0.29, 0.717) is 31.0 Å². The van der Waals surface area contributed by atoms with Crippen molar-refractivity contribution in [3.05, 3.63) is 34.9 Å². The van der Waals surface area contributed by atoms with Crippen LogP contribution in [-0.4, -0.2) is 41.4 Å². The number of hydrogen-bond acceptors (Lipinski definition) is 3. The Labute approximate surface area is 141 Å². The molecule has 124 valence electrons. The van der Waals surface area contributed by atoms with E-state index >= 15 is 0 Å². The highest BCUT2D eigenvalue weighted by molar-refractivity contribution is 6.30. The van der Waals surface area contributed by atoms with Crippen LogP contribution >= 0.6 is 11.6 Å². The lowest BCUT2D eigenvalue weighted by Gasteiger charge is -2.34. The maximum Gasteiger partial charge on any atom is 0.245 e. The van der Waals surface area contributed by atoms with Crippen molar-refractivity contribution in [3.8, 4) is 0 Å². The summed E-state index contributed by atoms with van der Waals surface area (Å²) in [4.78, 5) is 26.4. The van der Waals surface area contributed by atoms with Gasteiger partial charge in [-0.25, -0.2) is 0 Å². The highest BCUT2D eigenvalue weighted by Gasteiger charge is 2.45. The predicted octanol–water partition coefficient (Wildman–Crippen LogP) is 1.70. The van der Waals surface area contributed by atoms with Crippen LogP contribution < -0.4 is 10.6 Å². The van der Waals surface area contributed by atoms with Crippen LogP contribution in [0.2, 0.25) is 5.02 Å². The van der Waals surface area contributed by atoms with Gasteiger partial charge >= 0.3 is 0 Å². The Morgan fingerprint density at radius 3 is 2.96 bits per heavy atom. The van der Waals surface area contributed by atoms with E-state index in [1.54, 1.807) is 4.90 Å². The smallest absolute Gasteiger partial charge is 0.245 e. The Balaban J connectivity index is 1.61. The maximum atomic E-state index is 12.5. The van der Waals surface area contributed by atoms with Crippen LogP contribution in [0.4, 0.5) is 0 Å². The largest absolute Gasteiger partial charge is 0.343 e. The van der Waals surface area contributed by atoms with Gasteiger partial charge in [-0.2, -0.15) is 0 Å². The summed E-state index contributed by atoms with van der Waals surface area (Å²) < 4.78 is 0. The fraction of sp³-hybridized carbons (Fsp3) is 0.529. The third-order valence-corrected chi connectivity index (χ3v) is 4.80. The molecule has 1 aromatic rings. The van der Waals surface area contributed by atoms with E-state index < -0.39 is 0 Å². The number of nitrogens with zero attached hydrogens (tertiary/aromatic N) is 1. The van der Waals surface area contributed by atoms with E-state index in [1.807, 2.05) is 31.2 Å². The van der Waals surface area contributed by atoms with E-state index in [1.165, 1.54) is 0 Å². The molecule has 2 aliphatic heterocycles. The van der Waals surface area contributed by atoms with Gasteiger partial charge in [-0.15, -0.1) is 0 Å². The van der Waals surface area contributed by atoms with Gasteiger partial charge in [-0.3, -0.25) is 9.59 Å². The minimum absolute atomic E-state index is 0.0184. The third kappa shape index (κ3) is 3.51. The number of hydrogen-bond donors (Lipinski definition) is 2. The second kappa shape index (κ2) is 6.89. The first-order valence-corrected chi connectivity index (χ1v) is 8.55. The Bertz CT molecular complexity index is 607. The van der Waals surface area contributed by atoms with E-state index in [-0.39, 0.29) is 29.9 Å². The molecular formula is C17H22ClN3O2. The topological polar surface area (TPSA) is 61.4 Å². The number of amides is 2. The predicted molar refractivity (Wildman–Crippen MR) is 89.0 cm³/mol. The molecule has 3 atom stereocenters. The van der Waals surface area contributed by atoms with Crippen LogP contribution in [0.3, 0.4) is 0 Å². The molecule has 0 saturated carbocycles. The summed E-state index contributed by atoms with van der Waals surface area (Å²) in [5, 5.41) is 7.01. The van der Waals surface area contributed by atoms with E-state index in [4.69, 9.17) is 11.6 Å².